The van der Waals surface area contributed by atoms with Crippen molar-refractivity contribution in [2.45, 2.75) is 13.3 Å². The van der Waals surface area contributed by atoms with E-state index in [2.05, 4.69) is 12.1 Å². The monoisotopic (exact) mass is 264 g/mol. The molecule has 0 bridgehead atoms. The van der Waals surface area contributed by atoms with Crippen molar-refractivity contribution in [3.63, 3.8) is 0 Å². The fourth-order valence-corrected chi connectivity index (χ4v) is 1.85. The second-order valence-electron chi connectivity index (χ2n) is 4.69. The number of hydrogen-bond acceptors (Lipinski definition) is 3. The fourth-order valence-electron chi connectivity index (χ4n) is 1.85. The second-order valence-corrected chi connectivity index (χ2v) is 4.69. The Morgan fingerprint density at radius 2 is 2.00 bits per heavy atom. The van der Waals surface area contributed by atoms with Gasteiger partial charge in [0.05, 0.1) is 6.61 Å². The quantitative estimate of drug-likeness (QED) is 0.770. The van der Waals surface area contributed by atoms with Crippen LogP contribution in [0.15, 0.2) is 30.3 Å². The molecule has 0 aliphatic carbocycles. The van der Waals surface area contributed by atoms with Gasteiger partial charge in [0.2, 0.25) is 5.91 Å². The lowest BCUT2D eigenvalue weighted by Crippen LogP contribution is -2.41. The Bertz CT molecular complexity index is 368. The summed E-state index contributed by atoms with van der Waals surface area (Å²) in [4.78, 5) is 14.0. The molecule has 1 amide bonds. The summed E-state index contributed by atoms with van der Waals surface area (Å²) in [6, 6.07) is 10.2. The minimum Gasteiger partial charge on any atom is -0.383 e. The molecular formula is C15H24N2O2. The molecule has 0 fully saturated rings. The van der Waals surface area contributed by atoms with Crippen LogP contribution in [0.4, 0.5) is 0 Å². The average Bonchev–Trinajstić information content (AvgIpc) is 2.47. The number of carbonyl (C=O) groups excluding carboxylic acids is 1. The number of methoxy groups -OCH3 is 1. The summed E-state index contributed by atoms with van der Waals surface area (Å²) in [5.74, 6) is -0.0249. The minimum absolute atomic E-state index is 0.107. The molecule has 0 saturated carbocycles. The number of hydrogen-bond donors (Lipinski definition) is 1. The maximum Gasteiger partial charge on any atom is 0.226 e. The normalized spacial score (nSPS) is 12.2. The second kappa shape index (κ2) is 8.67. The molecule has 2 N–H and O–H groups in total. The molecule has 0 aromatic heterocycles. The zero-order valence-corrected chi connectivity index (χ0v) is 11.8. The number of nitrogens with two attached hydrogens (primary N) is 1. The molecule has 0 spiro atoms. The maximum atomic E-state index is 12.2. The summed E-state index contributed by atoms with van der Waals surface area (Å²) in [6.07, 6.45) is 0.855. The number of ether oxygens (including phenoxy) is 1. The standard InChI is InChI=1S/C15H24N2O2/c1-13(12-16)15(18)17(10-11-19-2)9-8-14-6-4-3-5-7-14/h3-7,13H,8-12,16H2,1-2H3. The van der Waals surface area contributed by atoms with E-state index in [0.717, 1.165) is 6.42 Å². The number of benzene rings is 1. The van der Waals surface area contributed by atoms with Crippen LogP contribution in [0, 0.1) is 5.92 Å². The highest BCUT2D eigenvalue weighted by Gasteiger charge is 2.18. The summed E-state index contributed by atoms with van der Waals surface area (Å²) in [6.45, 7) is 4.12. The molecule has 0 aliphatic heterocycles. The van der Waals surface area contributed by atoms with Crippen molar-refractivity contribution in [2.75, 3.05) is 33.4 Å². The summed E-state index contributed by atoms with van der Waals surface area (Å²) < 4.78 is 5.06. The number of amides is 1. The minimum atomic E-state index is -0.132. The first kappa shape index (κ1) is 15.7. The van der Waals surface area contributed by atoms with Gasteiger partial charge in [-0.3, -0.25) is 4.79 Å². The average molecular weight is 264 g/mol. The lowest BCUT2D eigenvalue weighted by Gasteiger charge is -2.25. The Morgan fingerprint density at radius 1 is 1.32 bits per heavy atom. The van der Waals surface area contributed by atoms with Crippen LogP contribution in [0.3, 0.4) is 0 Å². The molecule has 1 rings (SSSR count). The van der Waals surface area contributed by atoms with Gasteiger partial charge >= 0.3 is 0 Å². The molecule has 19 heavy (non-hydrogen) atoms. The maximum absolute atomic E-state index is 12.2. The predicted molar refractivity (Wildman–Crippen MR) is 76.8 cm³/mol. The van der Waals surface area contributed by atoms with Crippen LogP contribution in [-0.4, -0.2) is 44.2 Å². The molecule has 1 aromatic carbocycles. The van der Waals surface area contributed by atoms with E-state index < -0.39 is 0 Å². The van der Waals surface area contributed by atoms with E-state index in [9.17, 15) is 4.79 Å². The van der Waals surface area contributed by atoms with Crippen LogP contribution in [0.5, 0.6) is 0 Å². The molecule has 4 heteroatoms. The van der Waals surface area contributed by atoms with E-state index in [4.69, 9.17) is 10.5 Å². The molecule has 0 saturated heterocycles. The van der Waals surface area contributed by atoms with Gasteiger partial charge in [-0.15, -0.1) is 0 Å². The zero-order chi connectivity index (χ0) is 14.1. The van der Waals surface area contributed by atoms with Gasteiger partial charge in [0.15, 0.2) is 0 Å². The molecule has 106 valence electrons. The third-order valence-corrected chi connectivity index (χ3v) is 3.17. The molecule has 4 nitrogen and oxygen atoms in total. The van der Waals surface area contributed by atoms with E-state index >= 15 is 0 Å². The topological polar surface area (TPSA) is 55.6 Å². The van der Waals surface area contributed by atoms with Gasteiger partial charge in [-0.1, -0.05) is 37.3 Å². The van der Waals surface area contributed by atoms with Gasteiger partial charge in [-0.25, -0.2) is 0 Å². The van der Waals surface area contributed by atoms with Crippen LogP contribution in [0.25, 0.3) is 0 Å². The first-order valence-electron chi connectivity index (χ1n) is 6.70. The third kappa shape index (κ3) is 5.41. The highest BCUT2D eigenvalue weighted by Crippen LogP contribution is 2.05. The Labute approximate surface area is 115 Å². The summed E-state index contributed by atoms with van der Waals surface area (Å²) >= 11 is 0. The molecule has 0 heterocycles. The largest absolute Gasteiger partial charge is 0.383 e. The first-order valence-corrected chi connectivity index (χ1v) is 6.70. The predicted octanol–water partition coefficient (Wildman–Crippen LogP) is 1.30. The summed E-state index contributed by atoms with van der Waals surface area (Å²) in [5.41, 5.74) is 6.80. The molecular weight excluding hydrogens is 240 g/mol. The Hall–Kier alpha value is -1.39. The molecule has 0 radical (unpaired) electrons. The van der Waals surface area contributed by atoms with E-state index in [1.165, 1.54) is 5.56 Å². The van der Waals surface area contributed by atoms with Crippen LogP contribution in [0.2, 0.25) is 0 Å². The lowest BCUT2D eigenvalue weighted by molar-refractivity contribution is -0.135. The molecule has 1 aromatic rings. The van der Waals surface area contributed by atoms with Crippen molar-refractivity contribution in [1.29, 1.82) is 0 Å². The van der Waals surface area contributed by atoms with Gasteiger partial charge in [0.1, 0.15) is 0 Å². The van der Waals surface area contributed by atoms with Gasteiger partial charge < -0.3 is 15.4 Å². The van der Waals surface area contributed by atoms with Gasteiger partial charge in [-0.2, -0.15) is 0 Å². The number of carbonyl (C=O) groups is 1. The molecule has 1 atom stereocenters. The van der Waals surface area contributed by atoms with Crippen molar-refractivity contribution >= 4 is 5.91 Å². The third-order valence-electron chi connectivity index (χ3n) is 3.17. The summed E-state index contributed by atoms with van der Waals surface area (Å²) in [5, 5.41) is 0. The van der Waals surface area contributed by atoms with Crippen molar-refractivity contribution in [3.8, 4) is 0 Å². The van der Waals surface area contributed by atoms with Crippen LogP contribution >= 0.6 is 0 Å². The van der Waals surface area contributed by atoms with E-state index in [0.29, 0.717) is 26.2 Å². The Balaban J connectivity index is 2.56. The van der Waals surface area contributed by atoms with Crippen LogP contribution in [-0.2, 0) is 16.0 Å². The smallest absolute Gasteiger partial charge is 0.226 e. The lowest BCUT2D eigenvalue weighted by atomic mass is 10.1. The summed E-state index contributed by atoms with van der Waals surface area (Å²) in [7, 11) is 1.65. The molecule has 1 unspecified atom stereocenters. The SMILES string of the molecule is COCCN(CCc1ccccc1)C(=O)C(C)CN. The Kier molecular flexibility index (Phi) is 7.15. The van der Waals surface area contributed by atoms with Crippen molar-refractivity contribution in [3.05, 3.63) is 35.9 Å². The van der Waals surface area contributed by atoms with Crippen molar-refractivity contribution in [2.24, 2.45) is 11.7 Å². The first-order chi connectivity index (χ1) is 9.19. The van der Waals surface area contributed by atoms with E-state index in [-0.39, 0.29) is 11.8 Å². The van der Waals surface area contributed by atoms with Crippen LogP contribution in [0.1, 0.15) is 12.5 Å². The highest BCUT2D eigenvalue weighted by molar-refractivity contribution is 5.78. The zero-order valence-electron chi connectivity index (χ0n) is 11.8. The van der Waals surface area contributed by atoms with Gasteiger partial charge in [0.25, 0.3) is 0 Å². The Morgan fingerprint density at radius 3 is 2.58 bits per heavy atom. The van der Waals surface area contributed by atoms with Crippen LogP contribution < -0.4 is 5.73 Å². The van der Waals surface area contributed by atoms with Gasteiger partial charge in [-0.05, 0) is 12.0 Å². The highest BCUT2D eigenvalue weighted by atomic mass is 16.5. The molecule has 0 aliphatic rings. The van der Waals surface area contributed by atoms with E-state index in [1.807, 2.05) is 30.0 Å². The van der Waals surface area contributed by atoms with Gasteiger partial charge in [0, 0.05) is 32.7 Å². The fraction of sp³-hybridized carbons (Fsp3) is 0.533. The van der Waals surface area contributed by atoms with Crippen molar-refractivity contribution in [1.82, 2.24) is 4.90 Å². The number of nitrogens with zero attached hydrogens (tertiary/aromatic N) is 1. The van der Waals surface area contributed by atoms with E-state index in [1.54, 1.807) is 7.11 Å². The van der Waals surface area contributed by atoms with Crippen molar-refractivity contribution < 1.29 is 9.53 Å². The number of rotatable bonds is 8.